The Kier molecular flexibility index (Phi) is 5.73. The molecule has 0 aliphatic carbocycles. The van der Waals surface area contributed by atoms with Crippen LogP contribution in [0.4, 0.5) is 16.5 Å². The number of anilines is 3. The molecule has 0 saturated heterocycles. The third kappa shape index (κ3) is 4.73. The van der Waals surface area contributed by atoms with Crippen molar-refractivity contribution in [3.05, 3.63) is 71.9 Å². The number of hydrogen-bond acceptors (Lipinski definition) is 9. The first-order valence-electron chi connectivity index (χ1n) is 11.0. The maximum absolute atomic E-state index is 13.2. The van der Waals surface area contributed by atoms with E-state index in [9.17, 15) is 4.79 Å². The van der Waals surface area contributed by atoms with E-state index in [1.54, 1.807) is 25.3 Å². The van der Waals surface area contributed by atoms with Crippen LogP contribution in [0.5, 0.6) is 0 Å². The van der Waals surface area contributed by atoms with Crippen molar-refractivity contribution in [2.75, 3.05) is 10.6 Å². The molecule has 0 spiro atoms. The van der Waals surface area contributed by atoms with Gasteiger partial charge in [0, 0.05) is 16.7 Å². The van der Waals surface area contributed by atoms with Gasteiger partial charge >= 0.3 is 0 Å². The molecule has 1 amide bonds. The molecular weight excluding hydrogens is 462 g/mol. The van der Waals surface area contributed by atoms with Crippen molar-refractivity contribution in [3.8, 4) is 11.5 Å². The Morgan fingerprint density at radius 2 is 1.83 bits per heavy atom. The highest BCUT2D eigenvalue weighted by Crippen LogP contribution is 2.30. The van der Waals surface area contributed by atoms with Crippen molar-refractivity contribution in [3.63, 3.8) is 0 Å². The summed E-state index contributed by atoms with van der Waals surface area (Å²) in [4.78, 5) is 22.2. The highest BCUT2D eigenvalue weighted by atomic mass is 32.1. The number of nitrogens with zero attached hydrogens (tertiary/aromatic N) is 5. The Morgan fingerprint density at radius 1 is 1.03 bits per heavy atom. The molecule has 0 aliphatic rings. The lowest BCUT2D eigenvalue weighted by molar-refractivity contribution is 0.102. The molecule has 2 N–H and O–H groups in total. The smallest absolute Gasteiger partial charge is 0.260 e. The maximum Gasteiger partial charge on any atom is 0.260 e. The van der Waals surface area contributed by atoms with Gasteiger partial charge in [-0.1, -0.05) is 39.0 Å². The lowest BCUT2D eigenvalue weighted by atomic mass is 9.97. The number of aromatic nitrogens is 5. The fraction of sp³-hybridized carbons (Fsp3) is 0.200. The summed E-state index contributed by atoms with van der Waals surface area (Å²) < 4.78 is 10.2. The second-order valence-electron chi connectivity index (χ2n) is 9.04. The number of benzene rings is 2. The molecule has 176 valence electrons. The lowest BCUT2D eigenvalue weighted by Crippen LogP contribution is -2.14. The first-order valence-corrected chi connectivity index (χ1v) is 11.8. The Bertz CT molecular complexity index is 1530. The summed E-state index contributed by atoms with van der Waals surface area (Å²) in [5.74, 6) is 1.20. The number of amides is 1. The number of carbonyl (C=O) groups excluding carboxylic acids is 1. The average molecular weight is 486 g/mol. The zero-order valence-corrected chi connectivity index (χ0v) is 20.5. The van der Waals surface area contributed by atoms with Crippen molar-refractivity contribution in [1.29, 1.82) is 0 Å². The van der Waals surface area contributed by atoms with Crippen LogP contribution in [0.1, 0.15) is 42.7 Å². The highest BCUT2D eigenvalue weighted by molar-refractivity contribution is 7.10. The van der Waals surface area contributed by atoms with Crippen molar-refractivity contribution < 1.29 is 9.21 Å². The normalized spacial score (nSPS) is 11.5. The standard InChI is InChI=1S/C25H23N7O2S/c1-14-20(23(35-32-14)29-19-13-26-17-10-5-6-11-18(17)28-19)21(33)27-16-9-7-8-15(12-16)22-30-31-24(34-22)25(2,3)4/h5-13H,1-4H3,(H,27,33)(H,28,29). The topological polar surface area (TPSA) is 119 Å². The largest absolute Gasteiger partial charge is 0.420 e. The first kappa shape index (κ1) is 22.6. The molecule has 10 heteroatoms. The van der Waals surface area contributed by atoms with Crippen molar-refractivity contribution in [2.24, 2.45) is 0 Å². The summed E-state index contributed by atoms with van der Waals surface area (Å²) in [7, 11) is 0. The molecular formula is C25H23N7O2S. The predicted molar refractivity (Wildman–Crippen MR) is 136 cm³/mol. The fourth-order valence-electron chi connectivity index (χ4n) is 3.42. The van der Waals surface area contributed by atoms with Crippen LogP contribution in [0.15, 0.2) is 59.1 Å². The van der Waals surface area contributed by atoms with E-state index in [2.05, 4.69) is 35.2 Å². The molecule has 0 saturated carbocycles. The Balaban J connectivity index is 1.37. The van der Waals surface area contributed by atoms with E-state index in [-0.39, 0.29) is 11.3 Å². The fourth-order valence-corrected chi connectivity index (χ4v) is 4.22. The number of para-hydroxylation sites is 2. The zero-order chi connectivity index (χ0) is 24.6. The van der Waals surface area contributed by atoms with Gasteiger partial charge in [0.05, 0.1) is 28.5 Å². The van der Waals surface area contributed by atoms with Gasteiger partial charge in [0.25, 0.3) is 5.91 Å². The molecule has 5 rings (SSSR count). The van der Waals surface area contributed by atoms with Gasteiger partial charge in [0.2, 0.25) is 11.8 Å². The van der Waals surface area contributed by atoms with Crippen molar-refractivity contribution in [1.82, 2.24) is 24.5 Å². The van der Waals surface area contributed by atoms with Gasteiger partial charge in [-0.15, -0.1) is 10.2 Å². The molecule has 5 aromatic rings. The summed E-state index contributed by atoms with van der Waals surface area (Å²) in [5, 5.41) is 15.0. The molecule has 0 bridgehead atoms. The second-order valence-corrected chi connectivity index (χ2v) is 9.81. The molecule has 3 heterocycles. The number of aryl methyl sites for hydroxylation is 1. The second kappa shape index (κ2) is 8.88. The van der Waals surface area contributed by atoms with Gasteiger partial charge in [0.1, 0.15) is 10.8 Å². The van der Waals surface area contributed by atoms with Crippen LogP contribution in [0.25, 0.3) is 22.5 Å². The molecule has 0 fully saturated rings. The van der Waals surface area contributed by atoms with Gasteiger partial charge in [-0.3, -0.25) is 9.78 Å². The van der Waals surface area contributed by atoms with Gasteiger partial charge in [-0.25, -0.2) is 4.98 Å². The van der Waals surface area contributed by atoms with E-state index >= 15 is 0 Å². The number of rotatable bonds is 5. The minimum Gasteiger partial charge on any atom is -0.420 e. The maximum atomic E-state index is 13.2. The van der Waals surface area contributed by atoms with Crippen LogP contribution < -0.4 is 10.6 Å². The summed E-state index contributed by atoms with van der Waals surface area (Å²) in [6.45, 7) is 7.82. The SMILES string of the molecule is Cc1nsc(Nc2cnc3ccccc3n2)c1C(=O)Nc1cccc(-c2nnc(C(C)(C)C)o2)c1. The Hall–Kier alpha value is -4.18. The van der Waals surface area contributed by atoms with E-state index in [4.69, 9.17) is 4.42 Å². The van der Waals surface area contributed by atoms with Crippen LogP contribution in [0, 0.1) is 6.92 Å². The molecule has 0 radical (unpaired) electrons. The predicted octanol–water partition coefficient (Wildman–Crippen LogP) is 5.74. The third-order valence-electron chi connectivity index (χ3n) is 5.21. The van der Waals surface area contributed by atoms with Crippen molar-refractivity contribution >= 4 is 45.0 Å². The monoisotopic (exact) mass is 485 g/mol. The third-order valence-corrected chi connectivity index (χ3v) is 6.07. The summed E-state index contributed by atoms with van der Waals surface area (Å²) in [6, 6.07) is 14.9. The minimum atomic E-state index is -0.287. The Morgan fingerprint density at radius 3 is 2.60 bits per heavy atom. The van der Waals surface area contributed by atoms with E-state index in [0.29, 0.717) is 39.5 Å². The number of nitrogens with one attached hydrogen (secondary N) is 2. The van der Waals surface area contributed by atoms with Crippen molar-refractivity contribution in [2.45, 2.75) is 33.1 Å². The van der Waals surface area contributed by atoms with Gasteiger partial charge < -0.3 is 15.1 Å². The lowest BCUT2D eigenvalue weighted by Gasteiger charge is -2.11. The molecule has 0 atom stereocenters. The van der Waals surface area contributed by atoms with E-state index in [1.165, 1.54) is 11.5 Å². The van der Waals surface area contributed by atoms with Crippen LogP contribution in [-0.2, 0) is 5.41 Å². The summed E-state index contributed by atoms with van der Waals surface area (Å²) >= 11 is 1.20. The summed E-state index contributed by atoms with van der Waals surface area (Å²) in [5.41, 5.74) is 3.69. The van der Waals surface area contributed by atoms with E-state index < -0.39 is 0 Å². The first-order chi connectivity index (χ1) is 16.8. The minimum absolute atomic E-state index is 0.251. The Labute approximate surface area is 205 Å². The quantitative estimate of drug-likeness (QED) is 0.324. The number of carbonyl (C=O) groups is 1. The molecule has 0 aliphatic heterocycles. The van der Waals surface area contributed by atoms with Crippen LogP contribution >= 0.6 is 11.5 Å². The molecule has 2 aromatic carbocycles. The molecule has 0 unspecified atom stereocenters. The van der Waals surface area contributed by atoms with Crippen LogP contribution in [0.2, 0.25) is 0 Å². The van der Waals surface area contributed by atoms with E-state index in [0.717, 1.165) is 16.6 Å². The zero-order valence-electron chi connectivity index (χ0n) is 19.7. The molecule has 9 nitrogen and oxygen atoms in total. The summed E-state index contributed by atoms with van der Waals surface area (Å²) in [6.07, 6.45) is 1.64. The molecule has 35 heavy (non-hydrogen) atoms. The average Bonchev–Trinajstić information content (AvgIpc) is 3.47. The van der Waals surface area contributed by atoms with Crippen LogP contribution in [0.3, 0.4) is 0 Å². The highest BCUT2D eigenvalue weighted by Gasteiger charge is 2.23. The number of hydrogen-bond donors (Lipinski definition) is 2. The molecule has 3 aromatic heterocycles. The van der Waals surface area contributed by atoms with Gasteiger partial charge in [-0.05, 0) is 48.8 Å². The van der Waals surface area contributed by atoms with Gasteiger partial charge in [-0.2, -0.15) is 4.37 Å². The number of fused-ring (bicyclic) bond motifs is 1. The van der Waals surface area contributed by atoms with E-state index in [1.807, 2.05) is 57.2 Å². The van der Waals surface area contributed by atoms with Crippen LogP contribution in [-0.4, -0.2) is 30.4 Å². The van der Waals surface area contributed by atoms with Gasteiger partial charge in [0.15, 0.2) is 0 Å².